The van der Waals surface area contributed by atoms with Crippen LogP contribution in [-0.4, -0.2) is 45.5 Å². The van der Waals surface area contributed by atoms with Gasteiger partial charge in [-0.05, 0) is 5.92 Å². The van der Waals surface area contributed by atoms with Gasteiger partial charge in [0, 0.05) is 25.1 Å². The molecule has 0 aromatic carbocycles. The maximum atomic E-state index is 11.9. The number of aliphatic hydroxyl groups is 1. The minimum Gasteiger partial charge on any atom is -0.394 e. The van der Waals surface area contributed by atoms with Crippen molar-refractivity contribution in [1.82, 2.24) is 4.90 Å². The van der Waals surface area contributed by atoms with Crippen molar-refractivity contribution in [2.45, 2.75) is 44.9 Å². The molecular formula is C12H21NO3S. The zero-order valence-corrected chi connectivity index (χ0v) is 11.5. The highest BCUT2D eigenvalue weighted by Gasteiger charge is 2.36. The smallest absolute Gasteiger partial charge is 0.224 e. The van der Waals surface area contributed by atoms with Crippen molar-refractivity contribution in [3.05, 3.63) is 0 Å². The highest BCUT2D eigenvalue weighted by Crippen LogP contribution is 2.28. The van der Waals surface area contributed by atoms with Gasteiger partial charge in [-0.25, -0.2) is 0 Å². The summed E-state index contributed by atoms with van der Waals surface area (Å²) < 4.78 is 0. The van der Waals surface area contributed by atoms with E-state index in [9.17, 15) is 14.7 Å². The molecule has 4 nitrogen and oxygen atoms in total. The molecule has 1 aliphatic rings. The van der Waals surface area contributed by atoms with Crippen molar-refractivity contribution >= 4 is 22.8 Å². The molecule has 98 valence electrons. The average Bonchev–Trinajstić information content (AvgIpc) is 2.59. The third-order valence-corrected chi connectivity index (χ3v) is 4.32. The molecule has 5 heteroatoms. The summed E-state index contributed by atoms with van der Waals surface area (Å²) in [4.78, 5) is 24.6. The minimum absolute atomic E-state index is 0.00178. The predicted molar refractivity (Wildman–Crippen MR) is 68.7 cm³/mol. The van der Waals surface area contributed by atoms with Crippen LogP contribution >= 0.6 is 11.8 Å². The van der Waals surface area contributed by atoms with Gasteiger partial charge in [-0.15, -0.1) is 0 Å². The molecule has 0 aromatic rings. The Hall–Kier alpha value is -0.550. The van der Waals surface area contributed by atoms with E-state index in [4.69, 9.17) is 0 Å². The molecule has 0 radical (unpaired) electrons. The fourth-order valence-corrected chi connectivity index (χ4v) is 3.12. The fraction of sp³-hybridized carbons (Fsp3) is 0.833. The third-order valence-electron chi connectivity index (χ3n) is 3.34. The maximum absolute atomic E-state index is 11.9. The number of hydrogen-bond donors (Lipinski definition) is 1. The van der Waals surface area contributed by atoms with Crippen molar-refractivity contribution < 1.29 is 14.7 Å². The third kappa shape index (κ3) is 3.71. The summed E-state index contributed by atoms with van der Waals surface area (Å²) in [6, 6.07) is -0.106. The Morgan fingerprint density at radius 2 is 2.29 bits per heavy atom. The second-order valence-corrected chi connectivity index (χ2v) is 6.09. The molecule has 0 spiro atoms. The van der Waals surface area contributed by atoms with Gasteiger partial charge in [-0.3, -0.25) is 9.59 Å². The SMILES string of the molecule is CC[C@H](C)[C@@H](CO)N1CC(SC(C)=O)CC1=O. The van der Waals surface area contributed by atoms with E-state index in [1.807, 2.05) is 6.92 Å². The number of nitrogens with zero attached hydrogens (tertiary/aromatic N) is 1. The Morgan fingerprint density at radius 3 is 2.76 bits per heavy atom. The summed E-state index contributed by atoms with van der Waals surface area (Å²) >= 11 is 1.23. The van der Waals surface area contributed by atoms with Gasteiger partial charge in [0.05, 0.1) is 12.6 Å². The Bertz CT molecular complexity index is 295. The Labute approximate surface area is 107 Å². The number of amides is 1. The second kappa shape index (κ2) is 6.40. The molecule has 1 rings (SSSR count). The quantitative estimate of drug-likeness (QED) is 0.808. The number of hydrogen-bond acceptors (Lipinski definition) is 4. The van der Waals surface area contributed by atoms with Gasteiger partial charge >= 0.3 is 0 Å². The van der Waals surface area contributed by atoms with Crippen LogP contribution in [0.5, 0.6) is 0 Å². The number of carbonyl (C=O) groups excluding carboxylic acids is 2. The molecule has 0 bridgehead atoms. The molecule has 1 aliphatic heterocycles. The van der Waals surface area contributed by atoms with Gasteiger partial charge < -0.3 is 10.0 Å². The van der Waals surface area contributed by atoms with Crippen LogP contribution in [0.4, 0.5) is 0 Å². The zero-order chi connectivity index (χ0) is 13.0. The van der Waals surface area contributed by atoms with Crippen molar-refractivity contribution in [2.24, 2.45) is 5.92 Å². The lowest BCUT2D eigenvalue weighted by Crippen LogP contribution is -2.43. The van der Waals surface area contributed by atoms with Crippen molar-refractivity contribution in [3.63, 3.8) is 0 Å². The van der Waals surface area contributed by atoms with Crippen LogP contribution in [0.15, 0.2) is 0 Å². The van der Waals surface area contributed by atoms with Gasteiger partial charge in [0.15, 0.2) is 5.12 Å². The van der Waals surface area contributed by atoms with E-state index in [0.717, 1.165) is 6.42 Å². The van der Waals surface area contributed by atoms with E-state index in [0.29, 0.717) is 13.0 Å². The molecule has 1 unspecified atom stereocenters. The van der Waals surface area contributed by atoms with E-state index in [1.165, 1.54) is 18.7 Å². The summed E-state index contributed by atoms with van der Waals surface area (Å²) in [7, 11) is 0. The van der Waals surface area contributed by atoms with Crippen LogP contribution in [0.25, 0.3) is 0 Å². The topological polar surface area (TPSA) is 57.6 Å². The highest BCUT2D eigenvalue weighted by molar-refractivity contribution is 8.14. The zero-order valence-electron chi connectivity index (χ0n) is 10.7. The Kier molecular flexibility index (Phi) is 5.46. The summed E-state index contributed by atoms with van der Waals surface area (Å²) in [6.07, 6.45) is 1.34. The van der Waals surface area contributed by atoms with Crippen molar-refractivity contribution in [2.75, 3.05) is 13.2 Å². The molecule has 3 atom stereocenters. The molecule has 0 saturated carbocycles. The van der Waals surface area contributed by atoms with Gasteiger partial charge in [0.25, 0.3) is 0 Å². The van der Waals surface area contributed by atoms with Gasteiger partial charge in [-0.2, -0.15) is 0 Å². The number of likely N-dealkylation sites (tertiary alicyclic amines) is 1. The van der Waals surface area contributed by atoms with Crippen molar-refractivity contribution in [3.8, 4) is 0 Å². The molecule has 17 heavy (non-hydrogen) atoms. The summed E-state index contributed by atoms with van der Waals surface area (Å²) in [5.41, 5.74) is 0. The number of thioether (sulfide) groups is 1. The molecule has 1 fully saturated rings. The standard InChI is InChI=1S/C12H21NO3S/c1-4-8(2)11(7-14)13-6-10(5-12(13)16)17-9(3)15/h8,10-11,14H,4-7H2,1-3H3/t8-,10?,11+/m0/s1. The lowest BCUT2D eigenvalue weighted by Gasteiger charge is -2.31. The van der Waals surface area contributed by atoms with E-state index >= 15 is 0 Å². The number of rotatable bonds is 5. The first-order valence-electron chi connectivity index (χ1n) is 6.07. The number of carbonyl (C=O) groups is 2. The van der Waals surface area contributed by atoms with E-state index in [2.05, 4.69) is 6.92 Å². The predicted octanol–water partition coefficient (Wildman–Crippen LogP) is 1.27. The van der Waals surface area contributed by atoms with Gasteiger partial charge in [0.1, 0.15) is 0 Å². The number of aliphatic hydroxyl groups excluding tert-OH is 1. The summed E-state index contributed by atoms with van der Waals surface area (Å²) in [5.74, 6) is 0.341. The normalized spacial score (nSPS) is 23.9. The largest absolute Gasteiger partial charge is 0.394 e. The lowest BCUT2D eigenvalue weighted by molar-refractivity contribution is -0.131. The van der Waals surface area contributed by atoms with Crippen LogP contribution in [0, 0.1) is 5.92 Å². The van der Waals surface area contributed by atoms with Crippen LogP contribution in [-0.2, 0) is 9.59 Å². The Morgan fingerprint density at radius 1 is 1.65 bits per heavy atom. The van der Waals surface area contributed by atoms with Crippen molar-refractivity contribution in [1.29, 1.82) is 0 Å². The first-order chi connectivity index (χ1) is 7.99. The van der Waals surface area contributed by atoms with Crippen LogP contribution in [0.1, 0.15) is 33.6 Å². The van der Waals surface area contributed by atoms with E-state index in [-0.39, 0.29) is 34.8 Å². The summed E-state index contributed by atoms with van der Waals surface area (Å²) in [5, 5.41) is 9.51. The monoisotopic (exact) mass is 259 g/mol. The van der Waals surface area contributed by atoms with Crippen LogP contribution in [0.3, 0.4) is 0 Å². The molecule has 1 N–H and O–H groups in total. The molecular weight excluding hydrogens is 238 g/mol. The fourth-order valence-electron chi connectivity index (χ4n) is 2.19. The molecule has 0 aromatic heterocycles. The average molecular weight is 259 g/mol. The first kappa shape index (κ1) is 14.5. The maximum Gasteiger partial charge on any atom is 0.224 e. The van der Waals surface area contributed by atoms with Crippen LogP contribution < -0.4 is 0 Å². The molecule has 1 amide bonds. The summed E-state index contributed by atoms with van der Waals surface area (Å²) in [6.45, 7) is 6.20. The second-order valence-electron chi connectivity index (χ2n) is 4.62. The minimum atomic E-state index is -0.106. The van der Waals surface area contributed by atoms with E-state index < -0.39 is 0 Å². The van der Waals surface area contributed by atoms with E-state index in [1.54, 1.807) is 4.90 Å². The van der Waals surface area contributed by atoms with Gasteiger partial charge in [0.2, 0.25) is 5.91 Å². The lowest BCUT2D eigenvalue weighted by atomic mass is 9.99. The Balaban J connectivity index is 2.65. The molecule has 1 heterocycles. The highest BCUT2D eigenvalue weighted by atomic mass is 32.2. The molecule has 0 aliphatic carbocycles. The van der Waals surface area contributed by atoms with Crippen LogP contribution in [0.2, 0.25) is 0 Å². The molecule has 1 saturated heterocycles. The van der Waals surface area contributed by atoms with Gasteiger partial charge in [-0.1, -0.05) is 32.0 Å². The first-order valence-corrected chi connectivity index (χ1v) is 6.95.